The third-order valence-corrected chi connectivity index (χ3v) is 3.05. The molecule has 0 unspecified atom stereocenters. The first-order valence-electron chi connectivity index (χ1n) is 5.66. The fraction of sp³-hybridized carbons (Fsp3) is 0.909. The van der Waals surface area contributed by atoms with Gasteiger partial charge >= 0.3 is 0 Å². The van der Waals surface area contributed by atoms with Gasteiger partial charge in [-0.25, -0.2) is 0 Å². The molecule has 1 saturated carbocycles. The largest absolute Gasteiger partial charge is 0.354 e. The molecule has 4 heteroatoms. The van der Waals surface area contributed by atoms with E-state index >= 15 is 0 Å². The van der Waals surface area contributed by atoms with Crippen molar-refractivity contribution in [2.24, 2.45) is 0 Å². The molecule has 0 heterocycles. The molecular weight excluding hydrogens is 256 g/mol. The van der Waals surface area contributed by atoms with Crippen LogP contribution in [-0.2, 0) is 4.79 Å². The second-order valence-corrected chi connectivity index (χ2v) is 6.57. The first-order valence-corrected chi connectivity index (χ1v) is 6.45. The zero-order valence-electron chi connectivity index (χ0n) is 9.85. The van der Waals surface area contributed by atoms with Crippen LogP contribution in [0.15, 0.2) is 0 Å². The Morgan fingerprint density at radius 2 is 2.13 bits per heavy atom. The molecule has 0 spiro atoms. The van der Waals surface area contributed by atoms with Crippen LogP contribution >= 0.6 is 15.9 Å². The Morgan fingerprint density at radius 3 is 2.53 bits per heavy atom. The highest BCUT2D eigenvalue weighted by molar-refractivity contribution is 9.10. The van der Waals surface area contributed by atoms with Gasteiger partial charge in [0.15, 0.2) is 0 Å². The van der Waals surface area contributed by atoms with Gasteiger partial charge in [0, 0.05) is 19.1 Å². The highest BCUT2D eigenvalue weighted by Gasteiger charge is 2.28. The van der Waals surface area contributed by atoms with Crippen molar-refractivity contribution in [1.82, 2.24) is 10.2 Å². The van der Waals surface area contributed by atoms with Gasteiger partial charge in [-0.2, -0.15) is 0 Å². The Labute approximate surface area is 101 Å². The van der Waals surface area contributed by atoms with Crippen LogP contribution in [0.3, 0.4) is 0 Å². The molecule has 3 nitrogen and oxygen atoms in total. The lowest BCUT2D eigenvalue weighted by Gasteiger charge is -2.21. The van der Waals surface area contributed by atoms with Crippen molar-refractivity contribution in [3.05, 3.63) is 0 Å². The minimum absolute atomic E-state index is 0.0642. The third-order valence-electron chi connectivity index (χ3n) is 2.69. The Morgan fingerprint density at radius 1 is 1.53 bits per heavy atom. The predicted octanol–water partition coefficient (Wildman–Crippen LogP) is 1.76. The summed E-state index contributed by atoms with van der Waals surface area (Å²) >= 11 is 3.34. The normalized spacial score (nSPS) is 16.9. The van der Waals surface area contributed by atoms with Crippen molar-refractivity contribution in [3.63, 3.8) is 0 Å². The Kier molecular flexibility index (Phi) is 4.59. The molecule has 0 aromatic rings. The average molecular weight is 277 g/mol. The molecule has 0 aliphatic heterocycles. The maximum absolute atomic E-state index is 11.5. The summed E-state index contributed by atoms with van der Waals surface area (Å²) < 4.78 is -0.455. The molecule has 0 radical (unpaired) electrons. The SMILES string of the molecule is CCN(CCNC(=O)C(C)(C)Br)C1CC1. The number of carbonyl (C=O) groups excluding carboxylic acids is 1. The van der Waals surface area contributed by atoms with Gasteiger partial charge in [0.25, 0.3) is 0 Å². The summed E-state index contributed by atoms with van der Waals surface area (Å²) in [6.45, 7) is 8.70. The fourth-order valence-electron chi connectivity index (χ4n) is 1.56. The lowest BCUT2D eigenvalue weighted by Crippen LogP contribution is -2.42. The van der Waals surface area contributed by atoms with Crippen LogP contribution in [0.4, 0.5) is 0 Å². The van der Waals surface area contributed by atoms with Crippen molar-refractivity contribution in [2.75, 3.05) is 19.6 Å². The summed E-state index contributed by atoms with van der Waals surface area (Å²) in [6.07, 6.45) is 2.65. The topological polar surface area (TPSA) is 32.3 Å². The molecule has 15 heavy (non-hydrogen) atoms. The Hall–Kier alpha value is -0.0900. The van der Waals surface area contributed by atoms with E-state index in [-0.39, 0.29) is 5.91 Å². The van der Waals surface area contributed by atoms with Gasteiger partial charge in [-0.3, -0.25) is 9.69 Å². The van der Waals surface area contributed by atoms with Crippen LogP contribution in [0.5, 0.6) is 0 Å². The van der Waals surface area contributed by atoms with Crippen molar-refractivity contribution in [1.29, 1.82) is 0 Å². The minimum atomic E-state index is -0.455. The third kappa shape index (κ3) is 4.51. The summed E-state index contributed by atoms with van der Waals surface area (Å²) in [7, 11) is 0. The van der Waals surface area contributed by atoms with Gasteiger partial charge in [0.05, 0.1) is 4.32 Å². The van der Waals surface area contributed by atoms with Crippen LogP contribution in [0, 0.1) is 0 Å². The summed E-state index contributed by atoms with van der Waals surface area (Å²) in [5, 5.41) is 2.94. The van der Waals surface area contributed by atoms with E-state index in [0.717, 1.165) is 25.7 Å². The monoisotopic (exact) mass is 276 g/mol. The first-order chi connectivity index (χ1) is 6.95. The van der Waals surface area contributed by atoms with Crippen molar-refractivity contribution in [3.8, 4) is 0 Å². The van der Waals surface area contributed by atoms with Crippen molar-refractivity contribution in [2.45, 2.75) is 44.0 Å². The molecule has 1 aliphatic rings. The van der Waals surface area contributed by atoms with E-state index in [4.69, 9.17) is 0 Å². The number of rotatable bonds is 6. The summed E-state index contributed by atoms with van der Waals surface area (Å²) in [6, 6.07) is 0.781. The van der Waals surface area contributed by atoms with Gasteiger partial charge in [-0.05, 0) is 33.2 Å². The number of alkyl halides is 1. The quantitative estimate of drug-likeness (QED) is 0.750. The molecule has 88 valence electrons. The molecule has 0 saturated heterocycles. The zero-order chi connectivity index (χ0) is 11.5. The number of halogens is 1. The standard InChI is InChI=1S/C11H21BrN2O/c1-4-14(9-5-6-9)8-7-13-10(15)11(2,3)12/h9H,4-8H2,1-3H3,(H,13,15). The molecular formula is C11H21BrN2O. The summed E-state index contributed by atoms with van der Waals surface area (Å²) in [4.78, 5) is 14.0. The highest BCUT2D eigenvalue weighted by atomic mass is 79.9. The molecule has 1 rings (SSSR count). The van der Waals surface area contributed by atoms with Gasteiger partial charge in [0.2, 0.25) is 5.91 Å². The van der Waals surface area contributed by atoms with Gasteiger partial charge in [-0.1, -0.05) is 22.9 Å². The van der Waals surface area contributed by atoms with Gasteiger partial charge in [0.1, 0.15) is 0 Å². The van der Waals surface area contributed by atoms with Crippen LogP contribution < -0.4 is 5.32 Å². The van der Waals surface area contributed by atoms with Gasteiger partial charge in [-0.15, -0.1) is 0 Å². The smallest absolute Gasteiger partial charge is 0.236 e. The summed E-state index contributed by atoms with van der Waals surface area (Å²) in [5.74, 6) is 0.0642. The number of nitrogens with one attached hydrogen (secondary N) is 1. The minimum Gasteiger partial charge on any atom is -0.354 e. The number of nitrogens with zero attached hydrogens (tertiary/aromatic N) is 1. The molecule has 0 atom stereocenters. The lowest BCUT2D eigenvalue weighted by molar-refractivity contribution is -0.122. The van der Waals surface area contributed by atoms with Crippen LogP contribution in [0.25, 0.3) is 0 Å². The zero-order valence-corrected chi connectivity index (χ0v) is 11.4. The van der Waals surface area contributed by atoms with Crippen molar-refractivity contribution >= 4 is 21.8 Å². The molecule has 1 N–H and O–H groups in total. The number of hydrogen-bond donors (Lipinski definition) is 1. The van der Waals surface area contributed by atoms with Crippen LogP contribution in [0.1, 0.15) is 33.6 Å². The molecule has 1 aliphatic carbocycles. The Bertz CT molecular complexity index is 221. The fourth-order valence-corrected chi connectivity index (χ4v) is 1.70. The van der Waals surface area contributed by atoms with Crippen LogP contribution in [-0.4, -0.2) is 40.8 Å². The maximum Gasteiger partial charge on any atom is 0.236 e. The van der Waals surface area contributed by atoms with Gasteiger partial charge < -0.3 is 5.32 Å². The first kappa shape index (κ1) is 13.0. The Balaban J connectivity index is 2.17. The molecule has 0 aromatic carbocycles. The predicted molar refractivity (Wildman–Crippen MR) is 66.3 cm³/mol. The number of likely N-dealkylation sites (N-methyl/N-ethyl adjacent to an activating group) is 1. The van der Waals surface area contributed by atoms with E-state index in [1.807, 2.05) is 13.8 Å². The van der Waals surface area contributed by atoms with Crippen molar-refractivity contribution < 1.29 is 4.79 Å². The summed E-state index contributed by atoms with van der Waals surface area (Å²) in [5.41, 5.74) is 0. The highest BCUT2D eigenvalue weighted by Crippen LogP contribution is 2.25. The van der Waals surface area contributed by atoms with E-state index in [1.165, 1.54) is 12.8 Å². The van der Waals surface area contributed by atoms with E-state index in [9.17, 15) is 4.79 Å². The average Bonchev–Trinajstić information content (AvgIpc) is 2.93. The molecule has 0 bridgehead atoms. The lowest BCUT2D eigenvalue weighted by atomic mass is 10.2. The number of hydrogen-bond acceptors (Lipinski definition) is 2. The maximum atomic E-state index is 11.5. The molecule has 1 amide bonds. The van der Waals surface area contributed by atoms with E-state index in [1.54, 1.807) is 0 Å². The number of carbonyl (C=O) groups is 1. The van der Waals surface area contributed by atoms with E-state index in [0.29, 0.717) is 0 Å². The van der Waals surface area contributed by atoms with Crippen LogP contribution in [0.2, 0.25) is 0 Å². The van der Waals surface area contributed by atoms with E-state index < -0.39 is 4.32 Å². The molecule has 0 aromatic heterocycles. The molecule has 1 fully saturated rings. The second kappa shape index (κ2) is 5.30. The van der Waals surface area contributed by atoms with E-state index in [2.05, 4.69) is 33.1 Å². The second-order valence-electron chi connectivity index (χ2n) is 4.59. The number of amides is 1.